The fourth-order valence-electron chi connectivity index (χ4n) is 2.43. The highest BCUT2D eigenvalue weighted by Crippen LogP contribution is 2.31. The number of aryl methyl sites for hydroxylation is 1. The summed E-state index contributed by atoms with van der Waals surface area (Å²) in [6.07, 6.45) is 6.25. The molecule has 0 saturated heterocycles. The van der Waals surface area contributed by atoms with Crippen molar-refractivity contribution in [2.45, 2.75) is 19.4 Å². The molecule has 3 aromatic rings. The quantitative estimate of drug-likeness (QED) is 0.638. The Labute approximate surface area is 146 Å². The van der Waals surface area contributed by atoms with Crippen molar-refractivity contribution in [2.75, 3.05) is 11.9 Å². The number of phenolic OH excluding ortho intramolecular Hbond substituents is 1. The summed E-state index contributed by atoms with van der Waals surface area (Å²) in [7, 11) is 1.87. The Morgan fingerprint density at radius 3 is 2.84 bits per heavy atom. The molecule has 0 radical (unpaired) electrons. The summed E-state index contributed by atoms with van der Waals surface area (Å²) in [6.45, 7) is 2.67. The first-order valence-corrected chi connectivity index (χ1v) is 8.21. The number of benzene rings is 1. The van der Waals surface area contributed by atoms with Crippen LogP contribution in [-0.4, -0.2) is 37.4 Å². The Balaban J connectivity index is 1.90. The molecule has 7 heteroatoms. The third kappa shape index (κ3) is 3.95. The zero-order valence-electron chi connectivity index (χ0n) is 14.3. The molecular weight excluding hydrogens is 316 g/mol. The van der Waals surface area contributed by atoms with Crippen LogP contribution in [0.25, 0.3) is 22.5 Å². The molecule has 0 amide bonds. The first-order chi connectivity index (χ1) is 12.1. The maximum absolute atomic E-state index is 10.2. The highest BCUT2D eigenvalue weighted by Gasteiger charge is 2.11. The molecule has 0 bridgehead atoms. The van der Waals surface area contributed by atoms with E-state index in [-0.39, 0.29) is 11.8 Å². The summed E-state index contributed by atoms with van der Waals surface area (Å²) in [5.74, 6) is 1.27. The average Bonchev–Trinajstić information content (AvgIpc) is 3.06. The molecule has 1 aromatic carbocycles. The van der Waals surface area contributed by atoms with Crippen LogP contribution in [0.15, 0.2) is 42.9 Å². The van der Waals surface area contributed by atoms with Gasteiger partial charge in [0, 0.05) is 37.6 Å². The lowest BCUT2D eigenvalue weighted by molar-refractivity contribution is 0.477. The summed E-state index contributed by atoms with van der Waals surface area (Å²) in [6, 6.07) is 7.21. The van der Waals surface area contributed by atoms with E-state index < -0.39 is 0 Å². The van der Waals surface area contributed by atoms with E-state index in [0.717, 1.165) is 17.5 Å². The molecule has 3 rings (SSSR count). The minimum atomic E-state index is 0.0701. The summed E-state index contributed by atoms with van der Waals surface area (Å²) in [5, 5.41) is 17.6. The number of hydrogen-bond acceptors (Lipinski definition) is 6. The van der Waals surface area contributed by atoms with Gasteiger partial charge >= 0.3 is 0 Å². The van der Waals surface area contributed by atoms with Gasteiger partial charge in [0.2, 0.25) is 0 Å². The molecular formula is C18H22N6O. The van der Waals surface area contributed by atoms with Crippen LogP contribution in [0.2, 0.25) is 0 Å². The van der Waals surface area contributed by atoms with Crippen LogP contribution < -0.4 is 11.1 Å². The van der Waals surface area contributed by atoms with Gasteiger partial charge in [-0.15, -0.1) is 0 Å². The molecule has 0 spiro atoms. The van der Waals surface area contributed by atoms with Crippen LogP contribution in [0, 0.1) is 0 Å². The standard InChI is InChI=1S/C18H22N6O/c1-3-14(19)10-21-17-6-7-20-18(23-17)15-8-12(4-5-16(15)25)13-9-22-24(2)11-13/h4-9,11,14,25H,3,10,19H2,1-2H3,(H,20,21,23)/t14-/m1/s1. The molecule has 130 valence electrons. The molecule has 25 heavy (non-hydrogen) atoms. The zero-order chi connectivity index (χ0) is 17.8. The number of nitrogens with two attached hydrogens (primary N) is 1. The number of aromatic nitrogens is 4. The fourth-order valence-corrected chi connectivity index (χ4v) is 2.43. The van der Waals surface area contributed by atoms with Crippen molar-refractivity contribution < 1.29 is 5.11 Å². The second-order valence-electron chi connectivity index (χ2n) is 5.95. The van der Waals surface area contributed by atoms with Crippen LogP contribution in [-0.2, 0) is 7.05 Å². The lowest BCUT2D eigenvalue weighted by Crippen LogP contribution is -2.28. The summed E-state index contributed by atoms with van der Waals surface area (Å²) in [4.78, 5) is 8.79. The molecule has 0 aliphatic rings. The van der Waals surface area contributed by atoms with Gasteiger partial charge < -0.3 is 16.2 Å². The van der Waals surface area contributed by atoms with E-state index in [1.54, 1.807) is 29.2 Å². The highest BCUT2D eigenvalue weighted by molar-refractivity contribution is 5.74. The van der Waals surface area contributed by atoms with E-state index in [1.807, 2.05) is 32.3 Å². The Morgan fingerprint density at radius 2 is 2.12 bits per heavy atom. The third-order valence-electron chi connectivity index (χ3n) is 4.00. The fraction of sp³-hybridized carbons (Fsp3) is 0.278. The number of anilines is 1. The number of hydrogen-bond donors (Lipinski definition) is 3. The largest absolute Gasteiger partial charge is 0.507 e. The SMILES string of the molecule is CC[C@@H](N)CNc1ccnc(-c2cc(-c3cnn(C)c3)ccc2O)n1. The molecule has 0 aliphatic carbocycles. The number of rotatable bonds is 6. The van der Waals surface area contributed by atoms with Crippen molar-refractivity contribution in [3.8, 4) is 28.3 Å². The molecule has 0 aliphatic heterocycles. The van der Waals surface area contributed by atoms with Gasteiger partial charge in [-0.25, -0.2) is 9.97 Å². The zero-order valence-corrected chi connectivity index (χ0v) is 14.3. The maximum Gasteiger partial charge on any atom is 0.165 e. The topological polar surface area (TPSA) is 102 Å². The van der Waals surface area contributed by atoms with Gasteiger partial charge in [0.15, 0.2) is 5.82 Å². The minimum absolute atomic E-state index is 0.0701. The highest BCUT2D eigenvalue weighted by atomic mass is 16.3. The van der Waals surface area contributed by atoms with Crippen molar-refractivity contribution >= 4 is 5.82 Å². The van der Waals surface area contributed by atoms with Gasteiger partial charge in [-0.1, -0.05) is 13.0 Å². The number of nitrogens with zero attached hydrogens (tertiary/aromatic N) is 4. The monoisotopic (exact) mass is 338 g/mol. The van der Waals surface area contributed by atoms with Gasteiger partial charge in [-0.05, 0) is 30.2 Å². The van der Waals surface area contributed by atoms with Gasteiger partial charge in [-0.2, -0.15) is 5.10 Å². The molecule has 0 saturated carbocycles. The van der Waals surface area contributed by atoms with E-state index in [0.29, 0.717) is 23.8 Å². The molecule has 0 fully saturated rings. The Hall–Kier alpha value is -2.93. The predicted molar refractivity (Wildman–Crippen MR) is 98.1 cm³/mol. The summed E-state index contributed by atoms with van der Waals surface area (Å²) in [5.41, 5.74) is 8.41. The second kappa shape index (κ2) is 7.31. The molecule has 0 unspecified atom stereocenters. The van der Waals surface area contributed by atoms with Crippen molar-refractivity contribution in [3.05, 3.63) is 42.9 Å². The van der Waals surface area contributed by atoms with E-state index in [9.17, 15) is 5.11 Å². The van der Waals surface area contributed by atoms with Crippen molar-refractivity contribution in [1.82, 2.24) is 19.7 Å². The summed E-state index contributed by atoms with van der Waals surface area (Å²) >= 11 is 0. The second-order valence-corrected chi connectivity index (χ2v) is 5.95. The lowest BCUT2D eigenvalue weighted by Gasteiger charge is -2.12. The Bertz CT molecular complexity index is 860. The van der Waals surface area contributed by atoms with Crippen molar-refractivity contribution in [1.29, 1.82) is 0 Å². The van der Waals surface area contributed by atoms with E-state index in [4.69, 9.17) is 5.73 Å². The number of nitrogens with one attached hydrogen (secondary N) is 1. The first-order valence-electron chi connectivity index (χ1n) is 8.21. The normalized spacial score (nSPS) is 12.1. The van der Waals surface area contributed by atoms with E-state index in [1.165, 1.54) is 0 Å². The maximum atomic E-state index is 10.2. The van der Waals surface area contributed by atoms with Gasteiger partial charge in [0.1, 0.15) is 11.6 Å². The molecule has 4 N–H and O–H groups in total. The Kier molecular flexibility index (Phi) is 4.95. The first kappa shape index (κ1) is 16.9. The smallest absolute Gasteiger partial charge is 0.165 e. The Morgan fingerprint density at radius 1 is 1.28 bits per heavy atom. The van der Waals surface area contributed by atoms with Crippen LogP contribution in [0.3, 0.4) is 0 Å². The lowest BCUT2D eigenvalue weighted by atomic mass is 10.0. The number of phenols is 1. The van der Waals surface area contributed by atoms with Gasteiger partial charge in [0.25, 0.3) is 0 Å². The third-order valence-corrected chi connectivity index (χ3v) is 4.00. The molecule has 1 atom stereocenters. The van der Waals surface area contributed by atoms with Gasteiger partial charge in [0.05, 0.1) is 11.8 Å². The summed E-state index contributed by atoms with van der Waals surface area (Å²) < 4.78 is 1.74. The van der Waals surface area contributed by atoms with E-state index in [2.05, 4.69) is 20.4 Å². The van der Waals surface area contributed by atoms with Crippen molar-refractivity contribution in [2.24, 2.45) is 12.8 Å². The van der Waals surface area contributed by atoms with Crippen LogP contribution in [0.1, 0.15) is 13.3 Å². The molecule has 7 nitrogen and oxygen atoms in total. The van der Waals surface area contributed by atoms with Gasteiger partial charge in [-0.3, -0.25) is 4.68 Å². The minimum Gasteiger partial charge on any atom is -0.507 e. The molecule has 2 aromatic heterocycles. The number of aromatic hydroxyl groups is 1. The predicted octanol–water partition coefficient (Wildman–Crippen LogP) is 2.40. The van der Waals surface area contributed by atoms with Crippen molar-refractivity contribution in [3.63, 3.8) is 0 Å². The van der Waals surface area contributed by atoms with Crippen LogP contribution in [0.5, 0.6) is 5.75 Å². The molecule has 2 heterocycles. The van der Waals surface area contributed by atoms with Crippen LogP contribution >= 0.6 is 0 Å². The average molecular weight is 338 g/mol. The van der Waals surface area contributed by atoms with E-state index >= 15 is 0 Å². The van der Waals surface area contributed by atoms with Crippen LogP contribution in [0.4, 0.5) is 5.82 Å².